The zero-order chi connectivity index (χ0) is 32.6. The highest BCUT2D eigenvalue weighted by Crippen LogP contribution is 2.39. The normalized spacial score (nSPS) is 29.2. The molecular weight excluding hydrogens is 616 g/mol. The van der Waals surface area contributed by atoms with E-state index in [1.165, 1.54) is 14.2 Å². The van der Waals surface area contributed by atoms with Gasteiger partial charge in [0.1, 0.15) is 30.5 Å². The minimum atomic E-state index is -4.39. The molecule has 5 rings (SSSR count). The van der Waals surface area contributed by atoms with Crippen molar-refractivity contribution in [3.8, 4) is 0 Å². The van der Waals surface area contributed by atoms with Crippen LogP contribution < -0.4 is 0 Å². The van der Waals surface area contributed by atoms with Gasteiger partial charge in [-0.25, -0.2) is 8.37 Å². The lowest BCUT2D eigenvalue weighted by atomic mass is 9.96. The van der Waals surface area contributed by atoms with Gasteiger partial charge in [0, 0.05) is 14.2 Å². The van der Waals surface area contributed by atoms with Gasteiger partial charge in [-0.2, -0.15) is 8.42 Å². The Bertz CT molecular complexity index is 1460. The fraction of sp³-hybridized carbons (Fsp3) is 0.471. The largest absolute Gasteiger partial charge is 0.400 e. The van der Waals surface area contributed by atoms with Crippen molar-refractivity contribution >= 4 is 10.4 Å². The fourth-order valence-electron chi connectivity index (χ4n) is 5.42. The Morgan fingerprint density at radius 1 is 0.717 bits per heavy atom. The van der Waals surface area contributed by atoms with Crippen LogP contribution in [0.15, 0.2) is 91.0 Å². The Hall–Kier alpha value is -2.75. The van der Waals surface area contributed by atoms with E-state index >= 15 is 0 Å². The predicted molar refractivity (Wildman–Crippen MR) is 166 cm³/mol. The topological polar surface area (TPSA) is 117 Å². The first-order valence-electron chi connectivity index (χ1n) is 15.1. The predicted octanol–water partition coefficient (Wildman–Crippen LogP) is 4.54. The van der Waals surface area contributed by atoms with E-state index < -0.39 is 52.5 Å². The summed E-state index contributed by atoms with van der Waals surface area (Å²) >= 11 is 0. The van der Waals surface area contributed by atoms with Crippen molar-refractivity contribution < 1.29 is 49.9 Å². The van der Waals surface area contributed by atoms with Crippen LogP contribution in [0.5, 0.6) is 0 Å². The number of ether oxygens (including phenoxy) is 7. The molecule has 11 nitrogen and oxygen atoms in total. The third-order valence-corrected chi connectivity index (χ3v) is 9.25. The summed E-state index contributed by atoms with van der Waals surface area (Å²) in [6.45, 7) is 3.62. The molecule has 2 saturated heterocycles. The minimum Gasteiger partial charge on any atom is -0.368 e. The third-order valence-electron chi connectivity index (χ3n) is 8.37. The second-order valence-electron chi connectivity index (χ2n) is 11.4. The molecule has 0 radical (unpaired) electrons. The smallest absolute Gasteiger partial charge is 0.368 e. The molecule has 0 aromatic heterocycles. The highest BCUT2D eigenvalue weighted by molar-refractivity contribution is 7.81. The van der Waals surface area contributed by atoms with Gasteiger partial charge in [-0.05, 0) is 30.5 Å². The molecule has 0 bridgehead atoms. The van der Waals surface area contributed by atoms with E-state index in [0.29, 0.717) is 0 Å². The van der Waals surface area contributed by atoms with Crippen LogP contribution in [0.4, 0.5) is 0 Å². The van der Waals surface area contributed by atoms with Gasteiger partial charge < -0.3 is 33.2 Å². The van der Waals surface area contributed by atoms with E-state index in [0.717, 1.165) is 16.7 Å². The minimum absolute atomic E-state index is 0.0133. The maximum Gasteiger partial charge on any atom is 0.400 e. The van der Waals surface area contributed by atoms with Crippen molar-refractivity contribution in [1.82, 2.24) is 0 Å². The third kappa shape index (κ3) is 8.39. The molecule has 7 atom stereocenters. The average Bonchev–Trinajstić information content (AvgIpc) is 3.08. The second kappa shape index (κ2) is 15.4. The van der Waals surface area contributed by atoms with E-state index in [1.807, 2.05) is 91.0 Å². The molecule has 250 valence electrons. The molecule has 2 fully saturated rings. The lowest BCUT2D eigenvalue weighted by molar-refractivity contribution is -0.440. The summed E-state index contributed by atoms with van der Waals surface area (Å²) in [5.74, 6) is -2.61. The first kappa shape index (κ1) is 34.6. The van der Waals surface area contributed by atoms with E-state index in [9.17, 15) is 8.42 Å². The van der Waals surface area contributed by atoms with Crippen molar-refractivity contribution in [1.29, 1.82) is 0 Å². The van der Waals surface area contributed by atoms with Gasteiger partial charge in [0.2, 0.25) is 11.6 Å². The van der Waals surface area contributed by atoms with Crippen LogP contribution in [0.1, 0.15) is 30.5 Å². The van der Waals surface area contributed by atoms with Gasteiger partial charge in [0.15, 0.2) is 0 Å². The van der Waals surface area contributed by atoms with Crippen molar-refractivity contribution in [2.24, 2.45) is 0 Å². The number of hydrogen-bond acceptors (Lipinski definition) is 11. The summed E-state index contributed by atoms with van der Waals surface area (Å²) in [5, 5.41) is 0. The number of rotatable bonds is 14. The summed E-state index contributed by atoms with van der Waals surface area (Å²) in [4.78, 5) is 0. The number of hydrogen-bond donors (Lipinski definition) is 0. The molecule has 3 aromatic rings. The molecular formula is C34H42O11S. The van der Waals surface area contributed by atoms with E-state index in [2.05, 4.69) is 0 Å². The Balaban J connectivity index is 1.52. The van der Waals surface area contributed by atoms with Crippen LogP contribution in [-0.2, 0) is 71.7 Å². The van der Waals surface area contributed by atoms with Crippen molar-refractivity contribution in [3.63, 3.8) is 0 Å². The van der Waals surface area contributed by atoms with Crippen LogP contribution in [-0.4, -0.2) is 77.9 Å². The molecule has 0 amide bonds. The summed E-state index contributed by atoms with van der Waals surface area (Å²) in [5.41, 5.74) is 2.65. The van der Waals surface area contributed by atoms with Gasteiger partial charge >= 0.3 is 10.4 Å². The molecule has 2 heterocycles. The molecule has 46 heavy (non-hydrogen) atoms. The Morgan fingerprint density at radius 2 is 1.22 bits per heavy atom. The second-order valence-corrected chi connectivity index (χ2v) is 12.6. The van der Waals surface area contributed by atoms with E-state index in [1.54, 1.807) is 13.8 Å². The van der Waals surface area contributed by atoms with Crippen molar-refractivity contribution in [2.45, 2.75) is 75.8 Å². The van der Waals surface area contributed by atoms with Crippen LogP contribution in [0, 0.1) is 0 Å². The molecule has 0 N–H and O–H groups in total. The molecule has 0 aliphatic carbocycles. The number of benzene rings is 3. The summed E-state index contributed by atoms with van der Waals surface area (Å²) in [7, 11) is -1.39. The molecule has 3 aromatic carbocycles. The van der Waals surface area contributed by atoms with Gasteiger partial charge in [-0.3, -0.25) is 0 Å². The van der Waals surface area contributed by atoms with E-state index in [4.69, 9.17) is 41.5 Å². The summed E-state index contributed by atoms with van der Waals surface area (Å²) in [6, 6.07) is 28.6. The fourth-order valence-corrected chi connectivity index (χ4v) is 6.29. The molecule has 2 unspecified atom stereocenters. The molecule has 0 spiro atoms. The molecule has 12 heteroatoms. The van der Waals surface area contributed by atoms with Crippen LogP contribution in [0.25, 0.3) is 0 Å². The maximum absolute atomic E-state index is 12.8. The maximum atomic E-state index is 12.8. The lowest BCUT2D eigenvalue weighted by Gasteiger charge is -2.51. The Labute approximate surface area is 270 Å². The summed E-state index contributed by atoms with van der Waals surface area (Å²) in [6.07, 6.45) is -4.84. The highest BCUT2D eigenvalue weighted by Gasteiger charge is 2.57. The first-order valence-corrected chi connectivity index (χ1v) is 16.4. The Morgan fingerprint density at radius 3 is 1.74 bits per heavy atom. The van der Waals surface area contributed by atoms with Gasteiger partial charge in [-0.1, -0.05) is 91.0 Å². The zero-order valence-corrected chi connectivity index (χ0v) is 27.3. The standard InChI is InChI=1S/C34H42O11S/c1-33(37-3)34(2,38-4)44-29(23-42-33)30(40-21-26-16-10-6-11-17-26)32(41-22-27-18-12-7-13-19-27)31-28(24-43-46(35,36)45-31)39-20-25-14-8-5-9-15-25/h5-19,28-32H,20-24H2,1-4H3/t28-,29+,30-,31-,32-,33?,34?/m1/s1. The van der Waals surface area contributed by atoms with Gasteiger partial charge in [0.05, 0.1) is 33.0 Å². The molecule has 2 aliphatic rings. The van der Waals surface area contributed by atoms with E-state index in [-0.39, 0.29) is 33.0 Å². The van der Waals surface area contributed by atoms with Crippen LogP contribution >= 0.6 is 0 Å². The number of methoxy groups -OCH3 is 2. The van der Waals surface area contributed by atoms with Crippen LogP contribution in [0.3, 0.4) is 0 Å². The van der Waals surface area contributed by atoms with Crippen molar-refractivity contribution in [2.75, 3.05) is 27.4 Å². The monoisotopic (exact) mass is 658 g/mol. The van der Waals surface area contributed by atoms with Gasteiger partial charge in [-0.15, -0.1) is 0 Å². The quantitative estimate of drug-likeness (QED) is 0.243. The zero-order valence-electron chi connectivity index (χ0n) is 26.5. The Kier molecular flexibility index (Phi) is 11.6. The SMILES string of the molecule is COC1(C)OC[C@@H]([C@@H](OCc2ccccc2)[C@@H](OCc2ccccc2)[C@@H]2OS(=O)(=O)OC[C@H]2OCc2ccccc2)OC1(C)OC. The lowest BCUT2D eigenvalue weighted by Crippen LogP contribution is -2.66. The molecule has 0 saturated carbocycles. The summed E-state index contributed by atoms with van der Waals surface area (Å²) < 4.78 is 80.0. The van der Waals surface area contributed by atoms with Gasteiger partial charge in [0.25, 0.3) is 0 Å². The average molecular weight is 659 g/mol. The van der Waals surface area contributed by atoms with Crippen molar-refractivity contribution in [3.05, 3.63) is 108 Å². The first-order chi connectivity index (χ1) is 22.2. The highest BCUT2D eigenvalue weighted by atomic mass is 32.3. The molecule has 2 aliphatic heterocycles. The van der Waals surface area contributed by atoms with Crippen LogP contribution in [0.2, 0.25) is 0 Å².